The van der Waals surface area contributed by atoms with E-state index in [1.165, 1.54) is 34.9 Å². The topological polar surface area (TPSA) is 54.7 Å². The molecule has 5 rings (SSSR count). The van der Waals surface area contributed by atoms with Gasteiger partial charge in [-0.3, -0.25) is 14.3 Å². The van der Waals surface area contributed by atoms with Crippen LogP contribution in [0.5, 0.6) is 0 Å². The zero-order valence-electron chi connectivity index (χ0n) is 16.5. The molecule has 1 N–H and O–H groups in total. The zero-order valence-corrected chi connectivity index (χ0v) is 16.5. The van der Waals surface area contributed by atoms with Gasteiger partial charge in [-0.2, -0.15) is 10.2 Å². The number of aromatic amines is 1. The zero-order chi connectivity index (χ0) is 19.1. The van der Waals surface area contributed by atoms with E-state index < -0.39 is 0 Å². The molecule has 1 aromatic carbocycles. The molecule has 1 fully saturated rings. The molecule has 0 radical (unpaired) electrons. The lowest BCUT2D eigenvalue weighted by Crippen LogP contribution is -2.32. The Hall–Kier alpha value is -2.86. The predicted molar refractivity (Wildman–Crippen MR) is 111 cm³/mol. The SMILES string of the molecule is Cn1cc(CN2CCC(c3cccc4[nH]ccc34)CC2)c(-c2ccnn2C)n1. The van der Waals surface area contributed by atoms with Crippen molar-refractivity contribution in [2.45, 2.75) is 25.3 Å². The summed E-state index contributed by atoms with van der Waals surface area (Å²) in [5.74, 6) is 0.640. The van der Waals surface area contributed by atoms with Crippen LogP contribution in [0.4, 0.5) is 0 Å². The van der Waals surface area contributed by atoms with Crippen LogP contribution >= 0.6 is 0 Å². The predicted octanol–water partition coefficient (Wildman–Crippen LogP) is 3.68. The number of likely N-dealkylation sites (tertiary alicyclic amines) is 1. The summed E-state index contributed by atoms with van der Waals surface area (Å²) in [6.07, 6.45) is 8.43. The number of benzene rings is 1. The lowest BCUT2D eigenvalue weighted by molar-refractivity contribution is 0.205. The minimum atomic E-state index is 0.640. The highest BCUT2D eigenvalue weighted by Gasteiger charge is 2.24. The summed E-state index contributed by atoms with van der Waals surface area (Å²) in [4.78, 5) is 5.90. The molecule has 144 valence electrons. The van der Waals surface area contributed by atoms with Crippen LogP contribution in [0.1, 0.15) is 29.9 Å². The van der Waals surface area contributed by atoms with Crippen molar-refractivity contribution in [3.63, 3.8) is 0 Å². The number of nitrogens with zero attached hydrogens (tertiary/aromatic N) is 5. The smallest absolute Gasteiger partial charge is 0.115 e. The van der Waals surface area contributed by atoms with Crippen molar-refractivity contribution in [2.24, 2.45) is 14.1 Å². The Labute approximate surface area is 164 Å². The molecule has 1 aliphatic rings. The molecule has 4 heterocycles. The fourth-order valence-electron chi connectivity index (χ4n) is 4.58. The highest BCUT2D eigenvalue weighted by Crippen LogP contribution is 2.33. The number of H-pyrrole nitrogens is 1. The monoisotopic (exact) mass is 374 g/mol. The third kappa shape index (κ3) is 3.03. The fraction of sp³-hybridized carbons (Fsp3) is 0.364. The number of piperidine rings is 1. The van der Waals surface area contributed by atoms with Crippen LogP contribution in [0.15, 0.2) is 48.9 Å². The summed E-state index contributed by atoms with van der Waals surface area (Å²) in [6.45, 7) is 3.17. The Balaban J connectivity index is 1.31. The highest BCUT2D eigenvalue weighted by molar-refractivity contribution is 5.83. The van der Waals surface area contributed by atoms with E-state index in [2.05, 4.69) is 45.4 Å². The van der Waals surface area contributed by atoms with Crippen LogP contribution in [0, 0.1) is 0 Å². The largest absolute Gasteiger partial charge is 0.361 e. The van der Waals surface area contributed by atoms with Crippen LogP contribution in [-0.4, -0.2) is 42.5 Å². The number of hydrogen-bond acceptors (Lipinski definition) is 3. The Morgan fingerprint density at radius 3 is 2.75 bits per heavy atom. The molecule has 3 aromatic heterocycles. The molecule has 0 atom stereocenters. The minimum Gasteiger partial charge on any atom is -0.361 e. The van der Waals surface area contributed by atoms with Gasteiger partial charge in [-0.25, -0.2) is 0 Å². The number of rotatable bonds is 4. The van der Waals surface area contributed by atoms with Gasteiger partial charge in [-0.15, -0.1) is 0 Å². The van der Waals surface area contributed by atoms with Crippen molar-refractivity contribution in [1.82, 2.24) is 29.4 Å². The molecule has 0 bridgehead atoms. The third-order valence-electron chi connectivity index (χ3n) is 6.02. The van der Waals surface area contributed by atoms with Crippen molar-refractivity contribution in [2.75, 3.05) is 13.1 Å². The average molecular weight is 374 g/mol. The summed E-state index contributed by atoms with van der Waals surface area (Å²) in [5, 5.41) is 10.4. The summed E-state index contributed by atoms with van der Waals surface area (Å²) in [5.41, 5.74) is 6.13. The van der Waals surface area contributed by atoms with E-state index in [0.29, 0.717) is 5.92 Å². The Morgan fingerprint density at radius 2 is 1.96 bits per heavy atom. The van der Waals surface area contributed by atoms with Gasteiger partial charge in [-0.1, -0.05) is 12.1 Å². The maximum atomic E-state index is 4.70. The maximum Gasteiger partial charge on any atom is 0.115 e. The minimum absolute atomic E-state index is 0.640. The van der Waals surface area contributed by atoms with Crippen LogP contribution < -0.4 is 0 Å². The van der Waals surface area contributed by atoms with Crippen LogP contribution in [0.3, 0.4) is 0 Å². The van der Waals surface area contributed by atoms with Crippen molar-refractivity contribution < 1.29 is 0 Å². The Kier molecular flexibility index (Phi) is 4.28. The second-order valence-electron chi connectivity index (χ2n) is 7.85. The van der Waals surface area contributed by atoms with E-state index in [0.717, 1.165) is 31.0 Å². The first-order valence-corrected chi connectivity index (χ1v) is 9.98. The first-order chi connectivity index (χ1) is 13.7. The van der Waals surface area contributed by atoms with Gasteiger partial charge in [0.15, 0.2) is 0 Å². The van der Waals surface area contributed by atoms with Gasteiger partial charge < -0.3 is 4.98 Å². The van der Waals surface area contributed by atoms with E-state index in [9.17, 15) is 0 Å². The van der Waals surface area contributed by atoms with Crippen LogP contribution in [0.2, 0.25) is 0 Å². The van der Waals surface area contributed by atoms with Gasteiger partial charge >= 0.3 is 0 Å². The quantitative estimate of drug-likeness (QED) is 0.593. The molecule has 0 unspecified atom stereocenters. The van der Waals surface area contributed by atoms with Crippen molar-refractivity contribution in [3.8, 4) is 11.4 Å². The van der Waals surface area contributed by atoms with Gasteiger partial charge in [0.2, 0.25) is 0 Å². The molecule has 4 aromatic rings. The molecule has 1 aliphatic heterocycles. The van der Waals surface area contributed by atoms with E-state index in [1.807, 2.05) is 41.9 Å². The van der Waals surface area contributed by atoms with E-state index in [-0.39, 0.29) is 0 Å². The van der Waals surface area contributed by atoms with Crippen molar-refractivity contribution in [1.29, 1.82) is 0 Å². The summed E-state index contributed by atoms with van der Waals surface area (Å²) in [7, 11) is 3.97. The van der Waals surface area contributed by atoms with Gasteiger partial charge in [0.1, 0.15) is 5.69 Å². The molecular weight excluding hydrogens is 348 g/mol. The first-order valence-electron chi connectivity index (χ1n) is 9.98. The number of aryl methyl sites for hydroxylation is 2. The Morgan fingerprint density at radius 1 is 1.11 bits per heavy atom. The lowest BCUT2D eigenvalue weighted by atomic mass is 9.87. The second kappa shape index (κ2) is 6.95. The summed E-state index contributed by atoms with van der Waals surface area (Å²) >= 11 is 0. The molecule has 6 nitrogen and oxygen atoms in total. The number of hydrogen-bond donors (Lipinski definition) is 1. The molecule has 0 spiro atoms. The summed E-state index contributed by atoms with van der Waals surface area (Å²) in [6, 6.07) is 10.9. The average Bonchev–Trinajstić information content (AvgIpc) is 3.42. The first kappa shape index (κ1) is 17.3. The fourth-order valence-corrected chi connectivity index (χ4v) is 4.58. The normalized spacial score (nSPS) is 16.2. The van der Waals surface area contributed by atoms with Crippen LogP contribution in [0.25, 0.3) is 22.3 Å². The highest BCUT2D eigenvalue weighted by atomic mass is 15.3. The van der Waals surface area contributed by atoms with Crippen LogP contribution in [-0.2, 0) is 20.6 Å². The van der Waals surface area contributed by atoms with Gasteiger partial charge in [-0.05, 0) is 55.6 Å². The van der Waals surface area contributed by atoms with Gasteiger partial charge in [0, 0.05) is 55.7 Å². The molecule has 28 heavy (non-hydrogen) atoms. The van der Waals surface area contributed by atoms with Crippen molar-refractivity contribution in [3.05, 3.63) is 60.0 Å². The second-order valence-corrected chi connectivity index (χ2v) is 7.85. The summed E-state index contributed by atoms with van der Waals surface area (Å²) < 4.78 is 3.81. The standard InChI is InChI=1S/C22H26N6/c1-26-14-17(22(25-26)21-7-11-24-27(21)2)15-28-12-8-16(9-13-28)18-4-3-5-20-19(18)6-10-23-20/h3-7,10-11,14,16,23H,8-9,12-13,15H2,1-2H3. The molecular formula is C22H26N6. The van der Waals surface area contributed by atoms with E-state index >= 15 is 0 Å². The number of aromatic nitrogens is 5. The van der Waals surface area contributed by atoms with Gasteiger partial charge in [0.25, 0.3) is 0 Å². The maximum absolute atomic E-state index is 4.70. The van der Waals surface area contributed by atoms with E-state index in [4.69, 9.17) is 5.10 Å². The van der Waals surface area contributed by atoms with Gasteiger partial charge in [0.05, 0.1) is 5.69 Å². The number of fused-ring (bicyclic) bond motifs is 1. The lowest BCUT2D eigenvalue weighted by Gasteiger charge is -2.32. The molecule has 6 heteroatoms. The van der Waals surface area contributed by atoms with E-state index in [1.54, 1.807) is 0 Å². The molecule has 1 saturated heterocycles. The Bertz CT molecular complexity index is 1090. The van der Waals surface area contributed by atoms with Crippen molar-refractivity contribution >= 4 is 10.9 Å². The molecule has 0 saturated carbocycles. The third-order valence-corrected chi connectivity index (χ3v) is 6.02. The number of nitrogens with one attached hydrogen (secondary N) is 1. The molecule has 0 amide bonds. The molecule has 0 aliphatic carbocycles.